The van der Waals surface area contributed by atoms with Crippen LogP contribution in [0, 0.1) is 0 Å². The quantitative estimate of drug-likeness (QED) is 0.223. The molecule has 1 aromatic heterocycles. The van der Waals surface area contributed by atoms with Crippen molar-refractivity contribution in [3.05, 3.63) is 127 Å². The molecule has 1 heteroatoms. The molecule has 0 fully saturated rings. The Kier molecular flexibility index (Phi) is 3.72. The Bertz CT molecular complexity index is 2100. The minimum absolute atomic E-state index is 1.19. The van der Waals surface area contributed by atoms with Gasteiger partial charge in [0.1, 0.15) is 0 Å². The Morgan fingerprint density at radius 2 is 0.771 bits per heavy atom. The maximum atomic E-state index is 2.45. The molecule has 8 aromatic rings. The number of aromatic nitrogens is 1. The van der Waals surface area contributed by atoms with Gasteiger partial charge in [-0.1, -0.05) is 109 Å². The van der Waals surface area contributed by atoms with Gasteiger partial charge in [0.2, 0.25) is 0 Å². The van der Waals surface area contributed by atoms with E-state index < -0.39 is 0 Å². The molecule has 1 nitrogen and oxygen atoms in total. The molecule has 0 atom stereocenters. The Labute approximate surface area is 202 Å². The molecule has 1 heterocycles. The number of benzene rings is 7. The first kappa shape index (κ1) is 18.8. The van der Waals surface area contributed by atoms with Crippen molar-refractivity contribution in [2.24, 2.45) is 0 Å². The summed E-state index contributed by atoms with van der Waals surface area (Å²) in [5.74, 6) is 0. The fourth-order valence-electron chi connectivity index (χ4n) is 6.18. The third-order valence-corrected chi connectivity index (χ3v) is 7.52. The van der Waals surface area contributed by atoms with Crippen LogP contribution in [0.4, 0.5) is 0 Å². The molecule has 0 saturated heterocycles. The lowest BCUT2D eigenvalue weighted by molar-refractivity contribution is 1.19. The number of hydrogen-bond acceptors (Lipinski definition) is 0. The van der Waals surface area contributed by atoms with Crippen molar-refractivity contribution in [1.29, 1.82) is 0 Å². The lowest BCUT2D eigenvalue weighted by Gasteiger charge is -2.16. The maximum absolute atomic E-state index is 2.45. The second-order valence-corrected chi connectivity index (χ2v) is 9.30. The number of rotatable bonds is 1. The second-order valence-electron chi connectivity index (χ2n) is 9.30. The first-order valence-corrected chi connectivity index (χ1v) is 12.1. The summed E-state index contributed by atoms with van der Waals surface area (Å²) in [4.78, 5) is 0. The van der Waals surface area contributed by atoms with Crippen molar-refractivity contribution < 1.29 is 0 Å². The summed E-state index contributed by atoms with van der Waals surface area (Å²) in [7, 11) is 0. The van der Waals surface area contributed by atoms with E-state index in [4.69, 9.17) is 0 Å². The lowest BCUT2D eigenvalue weighted by Crippen LogP contribution is -1.94. The number of nitrogens with zero attached hydrogens (tertiary/aromatic N) is 1. The molecule has 0 N–H and O–H groups in total. The van der Waals surface area contributed by atoms with E-state index in [1.54, 1.807) is 0 Å². The molecule has 7 aromatic carbocycles. The fourth-order valence-corrected chi connectivity index (χ4v) is 6.18. The van der Waals surface area contributed by atoms with E-state index >= 15 is 0 Å². The number of fused-ring (bicyclic) bond motifs is 13. The van der Waals surface area contributed by atoms with Gasteiger partial charge in [-0.3, -0.25) is 0 Å². The van der Waals surface area contributed by atoms with Crippen molar-refractivity contribution >= 4 is 64.9 Å². The maximum Gasteiger partial charge on any atom is 0.0626 e. The number of hydrogen-bond donors (Lipinski definition) is 0. The zero-order chi connectivity index (χ0) is 22.9. The highest BCUT2D eigenvalue weighted by Crippen LogP contribution is 2.47. The van der Waals surface area contributed by atoms with Crippen molar-refractivity contribution in [1.82, 2.24) is 4.57 Å². The van der Waals surface area contributed by atoms with Gasteiger partial charge in [0.15, 0.2) is 0 Å². The van der Waals surface area contributed by atoms with Crippen molar-refractivity contribution in [2.75, 3.05) is 0 Å². The molecular formula is C34H21N. The van der Waals surface area contributed by atoms with E-state index in [0.29, 0.717) is 0 Å². The first-order valence-electron chi connectivity index (χ1n) is 12.1. The second kappa shape index (κ2) is 6.94. The van der Waals surface area contributed by atoms with Crippen LogP contribution in [0.5, 0.6) is 0 Å². The Morgan fingerprint density at radius 1 is 0.314 bits per heavy atom. The van der Waals surface area contributed by atoms with Crippen LogP contribution >= 0.6 is 0 Å². The monoisotopic (exact) mass is 443 g/mol. The Hall–Kier alpha value is -4.62. The van der Waals surface area contributed by atoms with Crippen LogP contribution in [0.25, 0.3) is 70.6 Å². The molecule has 0 aliphatic carbocycles. The zero-order valence-electron chi connectivity index (χ0n) is 19.1. The van der Waals surface area contributed by atoms with Crippen molar-refractivity contribution in [3.8, 4) is 5.69 Å². The zero-order valence-corrected chi connectivity index (χ0v) is 19.1. The van der Waals surface area contributed by atoms with E-state index in [2.05, 4.69) is 132 Å². The minimum atomic E-state index is 1.19. The molecular weight excluding hydrogens is 422 g/mol. The third kappa shape index (κ3) is 2.42. The number of para-hydroxylation sites is 2. The van der Waals surface area contributed by atoms with Gasteiger partial charge < -0.3 is 4.57 Å². The Morgan fingerprint density at radius 3 is 1.43 bits per heavy atom. The normalized spacial score (nSPS) is 12.0. The summed E-state index contributed by atoms with van der Waals surface area (Å²) in [5, 5.41) is 13.2. The van der Waals surface area contributed by atoms with Gasteiger partial charge >= 0.3 is 0 Å². The molecule has 0 aliphatic rings. The van der Waals surface area contributed by atoms with Gasteiger partial charge in [-0.2, -0.15) is 0 Å². The van der Waals surface area contributed by atoms with Gasteiger partial charge in [-0.05, 0) is 50.5 Å². The molecule has 35 heavy (non-hydrogen) atoms. The van der Waals surface area contributed by atoms with E-state index in [1.807, 2.05) is 0 Å². The summed E-state index contributed by atoms with van der Waals surface area (Å²) in [6, 6.07) is 46.3. The van der Waals surface area contributed by atoms with Gasteiger partial charge in [0, 0.05) is 27.2 Å². The molecule has 0 unspecified atom stereocenters. The van der Waals surface area contributed by atoms with Crippen molar-refractivity contribution in [3.63, 3.8) is 0 Å². The van der Waals surface area contributed by atoms with E-state index in [9.17, 15) is 0 Å². The van der Waals surface area contributed by atoms with Crippen molar-refractivity contribution in [2.45, 2.75) is 0 Å². The minimum Gasteiger partial charge on any atom is -0.309 e. The van der Waals surface area contributed by atoms with Crippen LogP contribution < -0.4 is 0 Å². The average Bonchev–Trinajstić information content (AvgIpc) is 3.29. The predicted octanol–water partition coefficient (Wildman–Crippen LogP) is 9.40. The molecule has 0 spiro atoms. The Balaban J connectivity index is 1.82. The molecule has 0 amide bonds. The van der Waals surface area contributed by atoms with Gasteiger partial charge in [-0.25, -0.2) is 0 Å². The van der Waals surface area contributed by atoms with Gasteiger partial charge in [0.05, 0.1) is 11.0 Å². The highest BCUT2D eigenvalue weighted by atomic mass is 15.0. The van der Waals surface area contributed by atoms with E-state index in [1.165, 1.54) is 70.6 Å². The van der Waals surface area contributed by atoms with Crippen LogP contribution in [0.15, 0.2) is 127 Å². The summed E-state index contributed by atoms with van der Waals surface area (Å²) in [6.45, 7) is 0. The molecule has 0 saturated carbocycles. The highest BCUT2D eigenvalue weighted by molar-refractivity contribution is 6.42. The lowest BCUT2D eigenvalue weighted by atomic mass is 9.88. The van der Waals surface area contributed by atoms with E-state index in [-0.39, 0.29) is 0 Å². The largest absolute Gasteiger partial charge is 0.309 e. The fraction of sp³-hybridized carbons (Fsp3) is 0. The van der Waals surface area contributed by atoms with Crippen LogP contribution in [-0.2, 0) is 0 Å². The third-order valence-electron chi connectivity index (χ3n) is 7.52. The molecule has 0 aliphatic heterocycles. The molecule has 0 radical (unpaired) electrons. The molecule has 0 bridgehead atoms. The standard InChI is InChI=1S/C34H21N/c1-2-12-22(13-3-1)35-30-21-11-10-20-29(30)33-32-26-17-7-5-15-24(26)23-14-4-6-16-25(23)31(32)27-18-8-9-19-28(27)34(33)35/h1-21H. The first-order chi connectivity index (χ1) is 17.4. The van der Waals surface area contributed by atoms with Gasteiger partial charge in [-0.15, -0.1) is 0 Å². The van der Waals surface area contributed by atoms with Gasteiger partial charge in [0.25, 0.3) is 0 Å². The highest BCUT2D eigenvalue weighted by Gasteiger charge is 2.21. The average molecular weight is 444 g/mol. The van der Waals surface area contributed by atoms with E-state index in [0.717, 1.165) is 0 Å². The SMILES string of the molecule is c1ccc(-n2c3ccccc3c3c4c5ccccc5c5ccccc5c4c4ccccc4c32)cc1. The topological polar surface area (TPSA) is 4.93 Å². The summed E-state index contributed by atoms with van der Waals surface area (Å²) >= 11 is 0. The summed E-state index contributed by atoms with van der Waals surface area (Å²) in [6.07, 6.45) is 0. The van der Waals surface area contributed by atoms with Crippen LogP contribution in [0.2, 0.25) is 0 Å². The van der Waals surface area contributed by atoms with Crippen LogP contribution in [-0.4, -0.2) is 4.57 Å². The summed E-state index contributed by atoms with van der Waals surface area (Å²) < 4.78 is 2.45. The molecule has 162 valence electrons. The summed E-state index contributed by atoms with van der Waals surface area (Å²) in [5.41, 5.74) is 3.71. The predicted molar refractivity (Wildman–Crippen MR) is 151 cm³/mol. The van der Waals surface area contributed by atoms with Crippen LogP contribution in [0.3, 0.4) is 0 Å². The van der Waals surface area contributed by atoms with Crippen LogP contribution in [0.1, 0.15) is 0 Å². The smallest absolute Gasteiger partial charge is 0.0626 e. The molecule has 8 rings (SSSR count).